The average Bonchev–Trinajstić information content (AvgIpc) is 3.04. The molecular formula is C20H25BrN4O3. The molecule has 150 valence electrons. The zero-order valence-electron chi connectivity index (χ0n) is 16.4. The van der Waals surface area contributed by atoms with Crippen molar-refractivity contribution in [2.45, 2.75) is 45.6 Å². The maximum Gasteiger partial charge on any atom is 0.332 e. The largest absolute Gasteiger partial charge is 0.425 e. The molecule has 0 aliphatic rings. The fourth-order valence-electron chi connectivity index (χ4n) is 3.19. The zero-order chi connectivity index (χ0) is 20.3. The molecule has 7 nitrogen and oxygen atoms in total. The highest BCUT2D eigenvalue weighted by molar-refractivity contribution is 9.10. The number of ether oxygens (including phenoxy) is 1. The van der Waals surface area contributed by atoms with Gasteiger partial charge in [0.15, 0.2) is 11.2 Å². The Hall–Kier alpha value is -2.35. The lowest BCUT2D eigenvalue weighted by atomic mass is 10.1. The number of unbranched alkanes of at least 4 members (excludes halogenated alkanes) is 4. The topological polar surface area (TPSA) is 71.1 Å². The molecule has 2 heterocycles. The van der Waals surface area contributed by atoms with Gasteiger partial charge in [-0.1, -0.05) is 48.5 Å². The van der Waals surface area contributed by atoms with E-state index in [1.165, 1.54) is 24.5 Å². The quantitative estimate of drug-likeness (QED) is 0.488. The maximum absolute atomic E-state index is 12.8. The number of fused-ring (bicyclic) bond motifs is 1. The van der Waals surface area contributed by atoms with E-state index in [1.807, 2.05) is 24.3 Å². The molecule has 0 N–H and O–H groups in total. The monoisotopic (exact) mass is 448 g/mol. The summed E-state index contributed by atoms with van der Waals surface area (Å²) in [6.07, 6.45) is 5.51. The molecular weight excluding hydrogens is 424 g/mol. The summed E-state index contributed by atoms with van der Waals surface area (Å²) in [5.41, 5.74) is -0.0222. The van der Waals surface area contributed by atoms with E-state index in [-0.39, 0.29) is 5.56 Å². The molecule has 0 fully saturated rings. The number of rotatable bonds is 8. The van der Waals surface area contributed by atoms with E-state index in [0.717, 1.165) is 28.3 Å². The Labute approximate surface area is 171 Å². The third-order valence-corrected chi connectivity index (χ3v) is 5.35. The summed E-state index contributed by atoms with van der Waals surface area (Å²) in [5.74, 6) is 0.618. The molecule has 8 heteroatoms. The van der Waals surface area contributed by atoms with Crippen molar-refractivity contribution in [1.82, 2.24) is 18.7 Å². The molecule has 0 saturated heterocycles. The Balaban J connectivity index is 2.05. The summed E-state index contributed by atoms with van der Waals surface area (Å²) in [6.45, 7) is 2.79. The van der Waals surface area contributed by atoms with Gasteiger partial charge in [-0.05, 0) is 30.7 Å². The van der Waals surface area contributed by atoms with Crippen LogP contribution in [-0.2, 0) is 20.6 Å². The van der Waals surface area contributed by atoms with E-state index in [1.54, 1.807) is 11.6 Å². The zero-order valence-corrected chi connectivity index (χ0v) is 18.0. The second-order valence-electron chi connectivity index (χ2n) is 6.89. The van der Waals surface area contributed by atoms with Crippen LogP contribution in [0, 0.1) is 0 Å². The second-order valence-corrected chi connectivity index (χ2v) is 7.81. The Bertz CT molecular complexity index is 1080. The summed E-state index contributed by atoms with van der Waals surface area (Å²) in [4.78, 5) is 29.6. The molecule has 0 saturated carbocycles. The van der Waals surface area contributed by atoms with Gasteiger partial charge in [0.05, 0.1) is 0 Å². The van der Waals surface area contributed by atoms with Crippen LogP contribution in [0.3, 0.4) is 0 Å². The van der Waals surface area contributed by atoms with Gasteiger partial charge in [-0.3, -0.25) is 18.5 Å². The number of halogens is 1. The van der Waals surface area contributed by atoms with Crippen LogP contribution < -0.4 is 16.0 Å². The van der Waals surface area contributed by atoms with Gasteiger partial charge in [-0.15, -0.1) is 0 Å². The number of aromatic nitrogens is 4. The molecule has 0 bridgehead atoms. The summed E-state index contributed by atoms with van der Waals surface area (Å²) in [5, 5.41) is 0. The van der Waals surface area contributed by atoms with Crippen molar-refractivity contribution >= 4 is 27.1 Å². The third-order valence-electron chi connectivity index (χ3n) is 4.82. The predicted octanol–water partition coefficient (Wildman–Crippen LogP) is 3.96. The second kappa shape index (κ2) is 8.77. The SMILES string of the molecule is CCCCCCCn1c(Oc2ccc(Br)cc2)nc2c1c(=O)n(C)c(=O)n2C. The molecule has 28 heavy (non-hydrogen) atoms. The van der Waals surface area contributed by atoms with E-state index in [2.05, 4.69) is 27.8 Å². The van der Waals surface area contributed by atoms with Crippen molar-refractivity contribution in [3.63, 3.8) is 0 Å². The summed E-state index contributed by atoms with van der Waals surface area (Å²) >= 11 is 3.40. The number of nitrogens with zero attached hydrogens (tertiary/aromatic N) is 4. The van der Waals surface area contributed by atoms with Crippen molar-refractivity contribution in [2.24, 2.45) is 14.1 Å². The van der Waals surface area contributed by atoms with E-state index in [0.29, 0.717) is 29.5 Å². The smallest absolute Gasteiger partial charge is 0.332 e. The minimum absolute atomic E-state index is 0.325. The van der Waals surface area contributed by atoms with Gasteiger partial charge in [-0.25, -0.2) is 4.79 Å². The molecule has 0 unspecified atom stereocenters. The van der Waals surface area contributed by atoms with Crippen LogP contribution in [0.1, 0.15) is 39.0 Å². The fourth-order valence-corrected chi connectivity index (χ4v) is 3.46. The maximum atomic E-state index is 12.8. The van der Waals surface area contributed by atoms with Gasteiger partial charge >= 0.3 is 11.7 Å². The molecule has 0 radical (unpaired) electrons. The minimum atomic E-state index is -0.403. The third kappa shape index (κ3) is 4.06. The van der Waals surface area contributed by atoms with E-state index >= 15 is 0 Å². The minimum Gasteiger partial charge on any atom is -0.425 e. The first-order valence-corrected chi connectivity index (χ1v) is 10.3. The number of benzene rings is 1. The average molecular weight is 449 g/mol. The van der Waals surface area contributed by atoms with E-state index < -0.39 is 5.69 Å². The van der Waals surface area contributed by atoms with Gasteiger partial charge in [0.2, 0.25) is 0 Å². The van der Waals surface area contributed by atoms with Crippen molar-refractivity contribution in [1.29, 1.82) is 0 Å². The van der Waals surface area contributed by atoms with Crippen molar-refractivity contribution in [2.75, 3.05) is 0 Å². The highest BCUT2D eigenvalue weighted by Crippen LogP contribution is 2.26. The molecule has 1 aromatic carbocycles. The van der Waals surface area contributed by atoms with Gasteiger partial charge in [0.1, 0.15) is 5.75 Å². The normalized spacial score (nSPS) is 11.3. The highest BCUT2D eigenvalue weighted by Gasteiger charge is 2.20. The van der Waals surface area contributed by atoms with Crippen LogP contribution >= 0.6 is 15.9 Å². The summed E-state index contributed by atoms with van der Waals surface area (Å²) in [7, 11) is 3.10. The molecule has 0 aliphatic carbocycles. The Morgan fingerprint density at radius 2 is 1.68 bits per heavy atom. The Kier molecular flexibility index (Phi) is 6.39. The van der Waals surface area contributed by atoms with Crippen LogP contribution in [0.2, 0.25) is 0 Å². The molecule has 3 rings (SSSR count). The number of imidazole rings is 1. The van der Waals surface area contributed by atoms with Crippen LogP contribution in [0.15, 0.2) is 38.3 Å². The lowest BCUT2D eigenvalue weighted by Gasteiger charge is -2.10. The van der Waals surface area contributed by atoms with Crippen LogP contribution in [0.5, 0.6) is 11.8 Å². The van der Waals surface area contributed by atoms with Crippen LogP contribution in [0.4, 0.5) is 0 Å². The van der Waals surface area contributed by atoms with E-state index in [9.17, 15) is 9.59 Å². The van der Waals surface area contributed by atoms with Crippen LogP contribution in [-0.4, -0.2) is 18.7 Å². The van der Waals surface area contributed by atoms with Gasteiger partial charge in [0.25, 0.3) is 5.56 Å². The Morgan fingerprint density at radius 3 is 2.36 bits per heavy atom. The number of hydrogen-bond donors (Lipinski definition) is 0. The predicted molar refractivity (Wildman–Crippen MR) is 113 cm³/mol. The highest BCUT2D eigenvalue weighted by atomic mass is 79.9. The van der Waals surface area contributed by atoms with Gasteiger partial charge in [0, 0.05) is 25.1 Å². The van der Waals surface area contributed by atoms with Crippen molar-refractivity contribution < 1.29 is 4.74 Å². The summed E-state index contributed by atoms with van der Waals surface area (Å²) in [6, 6.07) is 7.73. The molecule has 0 aliphatic heterocycles. The Morgan fingerprint density at radius 1 is 1.00 bits per heavy atom. The first kappa shape index (κ1) is 20.4. The number of aryl methyl sites for hydroxylation is 2. The van der Waals surface area contributed by atoms with E-state index in [4.69, 9.17) is 4.74 Å². The van der Waals surface area contributed by atoms with Crippen molar-refractivity contribution in [3.8, 4) is 11.8 Å². The van der Waals surface area contributed by atoms with Gasteiger partial charge in [-0.2, -0.15) is 4.98 Å². The molecule has 2 aromatic heterocycles. The first-order chi connectivity index (χ1) is 13.4. The fraction of sp³-hybridized carbons (Fsp3) is 0.450. The molecule has 0 spiro atoms. The molecule has 3 aromatic rings. The molecule has 0 atom stereocenters. The summed E-state index contributed by atoms with van der Waals surface area (Å²) < 4.78 is 11.2. The number of hydrogen-bond acceptors (Lipinski definition) is 4. The van der Waals surface area contributed by atoms with Crippen LogP contribution in [0.25, 0.3) is 11.2 Å². The van der Waals surface area contributed by atoms with Crippen molar-refractivity contribution in [3.05, 3.63) is 49.6 Å². The lowest BCUT2D eigenvalue weighted by molar-refractivity contribution is 0.408. The first-order valence-electron chi connectivity index (χ1n) is 9.53. The standard InChI is InChI=1S/C20H25BrN4O3/c1-4-5-6-7-8-13-25-16-17(23(2)20(27)24(3)18(16)26)22-19(25)28-15-11-9-14(21)10-12-15/h9-12H,4-8,13H2,1-3H3. The molecule has 0 amide bonds. The lowest BCUT2D eigenvalue weighted by Crippen LogP contribution is -2.37. The van der Waals surface area contributed by atoms with Gasteiger partial charge < -0.3 is 4.74 Å².